The zero-order chi connectivity index (χ0) is 24.7. The number of nitrogens with one attached hydrogen (secondary N) is 2. The highest BCUT2D eigenvalue weighted by molar-refractivity contribution is 8.01. The summed E-state index contributed by atoms with van der Waals surface area (Å²) in [5, 5.41) is 10.5. The lowest BCUT2D eigenvalue weighted by Crippen LogP contribution is -2.43. The molecule has 0 atom stereocenters. The highest BCUT2D eigenvalue weighted by Crippen LogP contribution is 2.27. The van der Waals surface area contributed by atoms with Gasteiger partial charge in [0.15, 0.2) is 10.0 Å². The molecule has 0 fully saturated rings. The van der Waals surface area contributed by atoms with Gasteiger partial charge in [-0.15, -0.1) is 10.2 Å². The van der Waals surface area contributed by atoms with Crippen molar-refractivity contribution >= 4 is 51.7 Å². The van der Waals surface area contributed by atoms with E-state index < -0.39 is 17.3 Å². The molecular weight excluding hydrogens is 470 g/mol. The second-order valence-corrected chi connectivity index (χ2v) is 10.1. The van der Waals surface area contributed by atoms with Crippen LogP contribution in [-0.4, -0.2) is 50.7 Å². The van der Waals surface area contributed by atoms with Crippen molar-refractivity contribution in [1.82, 2.24) is 19.7 Å². The first-order valence-electron chi connectivity index (χ1n) is 10.4. The molecule has 0 radical (unpaired) electrons. The second kappa shape index (κ2) is 11.8. The van der Waals surface area contributed by atoms with Crippen LogP contribution in [-0.2, 0) is 16.1 Å². The van der Waals surface area contributed by atoms with Gasteiger partial charge in [0.1, 0.15) is 5.82 Å². The normalized spacial score (nSPS) is 11.1. The van der Waals surface area contributed by atoms with E-state index in [0.717, 1.165) is 23.1 Å². The Balaban J connectivity index is 2.25. The molecule has 4 N–H and O–H groups in total. The molecule has 0 spiro atoms. The van der Waals surface area contributed by atoms with Crippen LogP contribution >= 0.6 is 23.1 Å². The summed E-state index contributed by atoms with van der Waals surface area (Å²) < 4.78 is 6.51. The number of aromatic amines is 1. The van der Waals surface area contributed by atoms with E-state index >= 15 is 0 Å². The van der Waals surface area contributed by atoms with Gasteiger partial charge in [0, 0.05) is 13.1 Å². The molecule has 2 heterocycles. The van der Waals surface area contributed by atoms with E-state index in [-0.39, 0.29) is 53.3 Å². The van der Waals surface area contributed by atoms with E-state index in [1.807, 2.05) is 27.7 Å². The average Bonchev–Trinajstić information content (AvgIpc) is 3.15. The summed E-state index contributed by atoms with van der Waals surface area (Å²) in [5.41, 5.74) is 4.83. The number of ether oxygens (including phenoxy) is 1. The zero-order valence-electron chi connectivity index (χ0n) is 19.2. The summed E-state index contributed by atoms with van der Waals surface area (Å²) in [6.45, 7) is 10.1. The Labute approximate surface area is 198 Å². The number of thioether (sulfide) groups is 1. The van der Waals surface area contributed by atoms with Gasteiger partial charge in [-0.25, -0.2) is 9.59 Å². The average molecular weight is 500 g/mol. The number of carbonyl (C=O) groups excluding carboxylic acids is 2. The Morgan fingerprint density at radius 2 is 1.94 bits per heavy atom. The molecule has 0 aliphatic rings. The minimum atomic E-state index is -0.714. The molecule has 2 aromatic rings. The number of hydrogen-bond acceptors (Lipinski definition) is 10. The molecule has 33 heavy (non-hydrogen) atoms. The van der Waals surface area contributed by atoms with E-state index in [2.05, 4.69) is 20.5 Å². The van der Waals surface area contributed by atoms with Crippen molar-refractivity contribution < 1.29 is 14.3 Å². The number of rotatable bonds is 10. The number of nitrogens with two attached hydrogens (primary N) is 1. The van der Waals surface area contributed by atoms with E-state index in [1.165, 1.54) is 9.47 Å². The molecule has 14 heteroatoms. The monoisotopic (exact) mass is 499 g/mol. The Morgan fingerprint density at radius 1 is 1.24 bits per heavy atom. The number of amides is 2. The van der Waals surface area contributed by atoms with Crippen molar-refractivity contribution in [1.29, 1.82) is 0 Å². The lowest BCUT2D eigenvalue weighted by molar-refractivity contribution is -0.116. The van der Waals surface area contributed by atoms with Crippen LogP contribution in [0.1, 0.15) is 34.6 Å². The summed E-state index contributed by atoms with van der Waals surface area (Å²) >= 11 is 2.20. The number of hydrogen-bond donors (Lipinski definition) is 3. The SMILES string of the molecule is CCOC(=O)Nc1nnc(SCC(=O)N(CC(C)C)c2c(N)n(CC(C)C)c(=O)[nH]c2=O)s1. The predicted molar refractivity (Wildman–Crippen MR) is 129 cm³/mol. The third-order valence-electron chi connectivity index (χ3n) is 4.09. The highest BCUT2D eigenvalue weighted by Gasteiger charge is 2.25. The lowest BCUT2D eigenvalue weighted by atomic mass is 10.2. The van der Waals surface area contributed by atoms with Gasteiger partial charge in [0.05, 0.1) is 12.4 Å². The van der Waals surface area contributed by atoms with Crippen LogP contribution in [0.5, 0.6) is 0 Å². The Morgan fingerprint density at radius 3 is 2.55 bits per heavy atom. The van der Waals surface area contributed by atoms with Crippen LogP contribution in [0.2, 0.25) is 0 Å². The third-order valence-corrected chi connectivity index (χ3v) is 6.05. The van der Waals surface area contributed by atoms with Crippen LogP contribution in [0, 0.1) is 11.8 Å². The van der Waals surface area contributed by atoms with Gasteiger partial charge in [-0.2, -0.15) is 0 Å². The predicted octanol–water partition coefficient (Wildman–Crippen LogP) is 1.98. The standard InChI is InChI=1S/C19H29N7O5S2/c1-6-31-18(30)22-16-23-24-19(33-16)32-9-12(27)25(7-10(2)3)13-14(20)26(8-11(4)5)17(29)21-15(13)28/h10-11H,6-9,20H2,1-5H3,(H,21,28,29)(H,22,23,30). The number of nitrogens with zero attached hydrogens (tertiary/aromatic N) is 4. The Hall–Kier alpha value is -2.87. The smallest absolute Gasteiger partial charge is 0.413 e. The van der Waals surface area contributed by atoms with Gasteiger partial charge in [0.2, 0.25) is 11.0 Å². The first kappa shape index (κ1) is 26.4. The van der Waals surface area contributed by atoms with Crippen molar-refractivity contribution in [2.45, 2.75) is 45.5 Å². The third kappa shape index (κ3) is 7.32. The molecule has 182 valence electrons. The first-order valence-corrected chi connectivity index (χ1v) is 12.2. The van der Waals surface area contributed by atoms with Gasteiger partial charge >= 0.3 is 11.8 Å². The minimum Gasteiger partial charge on any atom is -0.450 e. The van der Waals surface area contributed by atoms with E-state index in [0.29, 0.717) is 10.9 Å². The van der Waals surface area contributed by atoms with Gasteiger partial charge in [-0.3, -0.25) is 24.5 Å². The highest BCUT2D eigenvalue weighted by atomic mass is 32.2. The van der Waals surface area contributed by atoms with Crippen molar-refractivity contribution in [3.63, 3.8) is 0 Å². The molecule has 2 aromatic heterocycles. The van der Waals surface area contributed by atoms with Crippen molar-refractivity contribution in [2.24, 2.45) is 11.8 Å². The fourth-order valence-electron chi connectivity index (χ4n) is 2.84. The summed E-state index contributed by atoms with van der Waals surface area (Å²) in [6.07, 6.45) is -0.643. The largest absolute Gasteiger partial charge is 0.450 e. The number of H-pyrrole nitrogens is 1. The molecular formula is C19H29N7O5S2. The van der Waals surface area contributed by atoms with E-state index in [9.17, 15) is 19.2 Å². The van der Waals surface area contributed by atoms with Crippen LogP contribution in [0.3, 0.4) is 0 Å². The quantitative estimate of drug-likeness (QED) is 0.327. The zero-order valence-corrected chi connectivity index (χ0v) is 20.8. The molecule has 0 saturated carbocycles. The molecule has 2 amide bonds. The molecule has 0 bridgehead atoms. The van der Waals surface area contributed by atoms with Crippen molar-refractivity contribution in [3.05, 3.63) is 20.8 Å². The lowest BCUT2D eigenvalue weighted by Gasteiger charge is -2.26. The van der Waals surface area contributed by atoms with Crippen LogP contribution < -0.4 is 27.2 Å². The number of nitrogen functional groups attached to an aromatic ring is 1. The summed E-state index contributed by atoms with van der Waals surface area (Å²) in [5.74, 6) is -0.347. The minimum absolute atomic E-state index is 0.0325. The van der Waals surface area contributed by atoms with Crippen molar-refractivity contribution in [2.75, 3.05) is 34.9 Å². The van der Waals surface area contributed by atoms with Gasteiger partial charge in [-0.1, -0.05) is 50.8 Å². The second-order valence-electron chi connectivity index (χ2n) is 7.90. The fraction of sp³-hybridized carbons (Fsp3) is 0.579. The van der Waals surface area contributed by atoms with E-state index in [4.69, 9.17) is 10.5 Å². The van der Waals surface area contributed by atoms with Crippen LogP contribution in [0.25, 0.3) is 0 Å². The number of aromatic nitrogens is 4. The maximum atomic E-state index is 13.1. The number of anilines is 3. The first-order chi connectivity index (χ1) is 15.5. The topological polar surface area (TPSA) is 165 Å². The van der Waals surface area contributed by atoms with E-state index in [1.54, 1.807) is 6.92 Å². The maximum absolute atomic E-state index is 13.1. The summed E-state index contributed by atoms with van der Waals surface area (Å²) in [7, 11) is 0. The summed E-state index contributed by atoms with van der Waals surface area (Å²) in [6, 6.07) is 0. The Bertz CT molecular complexity index is 1090. The van der Waals surface area contributed by atoms with Gasteiger partial charge < -0.3 is 15.4 Å². The van der Waals surface area contributed by atoms with Gasteiger partial charge in [-0.05, 0) is 18.8 Å². The molecule has 2 rings (SSSR count). The maximum Gasteiger partial charge on any atom is 0.413 e. The molecule has 0 aromatic carbocycles. The van der Waals surface area contributed by atoms with Crippen LogP contribution in [0.15, 0.2) is 13.9 Å². The van der Waals surface area contributed by atoms with Gasteiger partial charge in [0.25, 0.3) is 5.56 Å². The fourth-order valence-corrected chi connectivity index (χ4v) is 4.46. The van der Waals surface area contributed by atoms with Crippen molar-refractivity contribution in [3.8, 4) is 0 Å². The molecule has 0 saturated heterocycles. The van der Waals surface area contributed by atoms with Crippen LogP contribution in [0.4, 0.5) is 21.4 Å². The molecule has 0 unspecified atom stereocenters. The molecule has 0 aliphatic carbocycles. The number of carbonyl (C=O) groups is 2. The molecule has 12 nitrogen and oxygen atoms in total. The summed E-state index contributed by atoms with van der Waals surface area (Å²) in [4.78, 5) is 53.1. The Kier molecular flexibility index (Phi) is 9.46. The molecule has 0 aliphatic heterocycles.